The van der Waals surface area contributed by atoms with E-state index in [0.29, 0.717) is 0 Å². The quantitative estimate of drug-likeness (QED) is 0.710. The predicted molar refractivity (Wildman–Crippen MR) is 78.2 cm³/mol. The second-order valence-corrected chi connectivity index (χ2v) is 4.51. The summed E-state index contributed by atoms with van der Waals surface area (Å²) in [4.78, 5) is 0. The largest absolute Gasteiger partial charge is 0.497 e. The summed E-state index contributed by atoms with van der Waals surface area (Å²) in [5, 5.41) is 2.50. The first-order valence-electron chi connectivity index (χ1n) is 6.42. The molecule has 0 spiro atoms. The third kappa shape index (κ3) is 1.73. The zero-order chi connectivity index (χ0) is 13.4. The summed E-state index contributed by atoms with van der Waals surface area (Å²) in [6, 6.07) is 12.4. The lowest BCUT2D eigenvalue weighted by molar-refractivity contribution is 0.415. The van der Waals surface area contributed by atoms with Crippen LogP contribution in [-0.4, -0.2) is 18.8 Å². The molecule has 0 saturated carbocycles. The molecule has 0 amide bonds. The molecular formula is C16H17NO2. The van der Waals surface area contributed by atoms with Crippen molar-refractivity contribution in [2.24, 2.45) is 0 Å². The van der Waals surface area contributed by atoms with Crippen LogP contribution in [0.2, 0.25) is 0 Å². The minimum atomic E-state index is 0.886. The normalized spacial score (nSPS) is 11.1. The standard InChI is InChI=1S/C16H17NO2/c1-4-17-15-9-11(18-2)5-7-13(15)14-8-6-12(19-3)10-16(14)17/h5-10H,4H2,1-3H3. The van der Waals surface area contributed by atoms with Crippen molar-refractivity contribution in [2.45, 2.75) is 13.5 Å². The van der Waals surface area contributed by atoms with Gasteiger partial charge in [0.05, 0.1) is 25.3 Å². The molecule has 0 atom stereocenters. The van der Waals surface area contributed by atoms with Crippen LogP contribution in [0.4, 0.5) is 0 Å². The number of benzene rings is 2. The Balaban J connectivity index is 2.42. The molecule has 0 bridgehead atoms. The maximum Gasteiger partial charge on any atom is 0.120 e. The first kappa shape index (κ1) is 11.9. The van der Waals surface area contributed by atoms with Crippen LogP contribution in [0.5, 0.6) is 11.5 Å². The number of aryl methyl sites for hydroxylation is 1. The third-order valence-corrected chi connectivity index (χ3v) is 3.60. The van der Waals surface area contributed by atoms with Gasteiger partial charge >= 0.3 is 0 Å². The van der Waals surface area contributed by atoms with Crippen molar-refractivity contribution >= 4 is 21.8 Å². The van der Waals surface area contributed by atoms with Crippen molar-refractivity contribution in [1.29, 1.82) is 0 Å². The van der Waals surface area contributed by atoms with Gasteiger partial charge in [-0.3, -0.25) is 0 Å². The highest BCUT2D eigenvalue weighted by Crippen LogP contribution is 2.33. The molecule has 3 heteroatoms. The Morgan fingerprint density at radius 1 is 0.842 bits per heavy atom. The summed E-state index contributed by atoms with van der Waals surface area (Å²) < 4.78 is 12.9. The van der Waals surface area contributed by atoms with E-state index in [4.69, 9.17) is 9.47 Å². The molecular weight excluding hydrogens is 238 g/mol. The maximum atomic E-state index is 5.32. The fourth-order valence-electron chi connectivity index (χ4n) is 2.65. The lowest BCUT2D eigenvalue weighted by atomic mass is 10.1. The molecule has 1 aromatic heterocycles. The second-order valence-electron chi connectivity index (χ2n) is 4.51. The van der Waals surface area contributed by atoms with Gasteiger partial charge in [-0.05, 0) is 31.2 Å². The Labute approximate surface area is 112 Å². The van der Waals surface area contributed by atoms with Gasteiger partial charge in [0, 0.05) is 29.4 Å². The van der Waals surface area contributed by atoms with Crippen LogP contribution in [0.3, 0.4) is 0 Å². The Morgan fingerprint density at radius 2 is 1.32 bits per heavy atom. The molecule has 0 aliphatic heterocycles. The van der Waals surface area contributed by atoms with E-state index in [1.165, 1.54) is 21.8 Å². The molecule has 0 fully saturated rings. The summed E-state index contributed by atoms with van der Waals surface area (Å²) in [5.74, 6) is 1.77. The minimum absolute atomic E-state index is 0.886. The van der Waals surface area contributed by atoms with Gasteiger partial charge in [0.25, 0.3) is 0 Å². The highest BCUT2D eigenvalue weighted by Gasteiger charge is 2.11. The number of ether oxygens (including phenoxy) is 2. The van der Waals surface area contributed by atoms with E-state index in [2.05, 4.69) is 35.8 Å². The smallest absolute Gasteiger partial charge is 0.120 e. The molecule has 98 valence electrons. The Bertz CT molecular complexity index is 682. The maximum absolute atomic E-state index is 5.32. The van der Waals surface area contributed by atoms with Gasteiger partial charge in [0.15, 0.2) is 0 Å². The number of rotatable bonds is 3. The van der Waals surface area contributed by atoms with Crippen molar-refractivity contribution < 1.29 is 9.47 Å². The molecule has 0 radical (unpaired) electrons. The SMILES string of the molecule is CCn1c2cc(OC)ccc2c2ccc(OC)cc21. The van der Waals surface area contributed by atoms with E-state index in [0.717, 1.165) is 18.0 Å². The van der Waals surface area contributed by atoms with Gasteiger partial charge in [-0.25, -0.2) is 0 Å². The van der Waals surface area contributed by atoms with Crippen molar-refractivity contribution in [2.75, 3.05) is 14.2 Å². The van der Waals surface area contributed by atoms with E-state index in [-0.39, 0.29) is 0 Å². The summed E-state index contributed by atoms with van der Waals surface area (Å²) in [5.41, 5.74) is 2.40. The lowest BCUT2D eigenvalue weighted by Gasteiger charge is -2.05. The van der Waals surface area contributed by atoms with Gasteiger partial charge < -0.3 is 14.0 Å². The van der Waals surface area contributed by atoms with Crippen molar-refractivity contribution in [1.82, 2.24) is 4.57 Å². The van der Waals surface area contributed by atoms with Gasteiger partial charge in [-0.1, -0.05) is 0 Å². The van der Waals surface area contributed by atoms with Crippen LogP contribution in [0.1, 0.15) is 6.92 Å². The molecule has 0 aliphatic carbocycles. The molecule has 19 heavy (non-hydrogen) atoms. The molecule has 3 rings (SSSR count). The summed E-state index contributed by atoms with van der Waals surface area (Å²) in [6.45, 7) is 3.07. The Morgan fingerprint density at radius 3 is 1.68 bits per heavy atom. The number of fused-ring (bicyclic) bond motifs is 3. The van der Waals surface area contributed by atoms with Gasteiger partial charge in [0.2, 0.25) is 0 Å². The van der Waals surface area contributed by atoms with E-state index in [1.54, 1.807) is 14.2 Å². The van der Waals surface area contributed by atoms with Crippen LogP contribution < -0.4 is 9.47 Å². The van der Waals surface area contributed by atoms with Gasteiger partial charge in [-0.15, -0.1) is 0 Å². The van der Waals surface area contributed by atoms with Crippen LogP contribution in [0.25, 0.3) is 21.8 Å². The van der Waals surface area contributed by atoms with Crippen LogP contribution in [-0.2, 0) is 6.54 Å². The van der Waals surface area contributed by atoms with E-state index in [9.17, 15) is 0 Å². The zero-order valence-electron chi connectivity index (χ0n) is 11.4. The van der Waals surface area contributed by atoms with Crippen molar-refractivity contribution in [3.8, 4) is 11.5 Å². The van der Waals surface area contributed by atoms with E-state index < -0.39 is 0 Å². The zero-order valence-corrected chi connectivity index (χ0v) is 11.4. The number of methoxy groups -OCH3 is 2. The van der Waals surface area contributed by atoms with Crippen molar-refractivity contribution in [3.63, 3.8) is 0 Å². The molecule has 0 saturated heterocycles. The lowest BCUT2D eigenvalue weighted by Crippen LogP contribution is -1.94. The van der Waals surface area contributed by atoms with Crippen LogP contribution >= 0.6 is 0 Å². The average molecular weight is 255 g/mol. The number of hydrogen-bond donors (Lipinski definition) is 0. The van der Waals surface area contributed by atoms with Crippen molar-refractivity contribution in [3.05, 3.63) is 36.4 Å². The molecule has 1 heterocycles. The second kappa shape index (κ2) is 4.50. The predicted octanol–water partition coefficient (Wildman–Crippen LogP) is 3.83. The number of nitrogens with zero attached hydrogens (tertiary/aromatic N) is 1. The van der Waals surface area contributed by atoms with E-state index in [1.807, 2.05) is 12.1 Å². The van der Waals surface area contributed by atoms with Gasteiger partial charge in [0.1, 0.15) is 11.5 Å². The van der Waals surface area contributed by atoms with Gasteiger partial charge in [-0.2, -0.15) is 0 Å². The molecule has 2 aromatic carbocycles. The first-order valence-corrected chi connectivity index (χ1v) is 6.42. The average Bonchev–Trinajstić information content (AvgIpc) is 2.78. The first-order chi connectivity index (χ1) is 9.28. The summed E-state index contributed by atoms with van der Waals surface area (Å²) in [6.07, 6.45) is 0. The fourth-order valence-corrected chi connectivity index (χ4v) is 2.65. The number of hydrogen-bond acceptors (Lipinski definition) is 2. The van der Waals surface area contributed by atoms with E-state index >= 15 is 0 Å². The molecule has 0 N–H and O–H groups in total. The molecule has 3 nitrogen and oxygen atoms in total. The topological polar surface area (TPSA) is 23.4 Å². The number of aromatic nitrogens is 1. The summed E-state index contributed by atoms with van der Waals surface area (Å²) >= 11 is 0. The summed E-state index contributed by atoms with van der Waals surface area (Å²) in [7, 11) is 3.40. The fraction of sp³-hybridized carbons (Fsp3) is 0.250. The third-order valence-electron chi connectivity index (χ3n) is 3.60. The monoisotopic (exact) mass is 255 g/mol. The Kier molecular flexibility index (Phi) is 2.82. The van der Waals surface area contributed by atoms with Crippen LogP contribution in [0, 0.1) is 0 Å². The molecule has 0 unspecified atom stereocenters. The molecule has 0 aliphatic rings. The Hall–Kier alpha value is -2.16. The highest BCUT2D eigenvalue weighted by atomic mass is 16.5. The molecule has 3 aromatic rings. The van der Waals surface area contributed by atoms with Crippen LogP contribution in [0.15, 0.2) is 36.4 Å². The minimum Gasteiger partial charge on any atom is -0.497 e. The highest BCUT2D eigenvalue weighted by molar-refractivity contribution is 6.08.